The Bertz CT molecular complexity index is 1170. The molecule has 1 aromatic heterocycles. The van der Waals surface area contributed by atoms with Crippen molar-refractivity contribution in [3.8, 4) is 11.5 Å². The Morgan fingerprint density at radius 2 is 1.81 bits per heavy atom. The van der Waals surface area contributed by atoms with Gasteiger partial charge in [0.15, 0.2) is 11.5 Å². The maximum Gasteiger partial charge on any atom is 0.337 e. The van der Waals surface area contributed by atoms with Crippen LogP contribution in [0.5, 0.6) is 11.5 Å². The third kappa shape index (κ3) is 5.00. The first-order chi connectivity index (χ1) is 15.0. The number of hydrogen-bond acceptors (Lipinski definition) is 7. The van der Waals surface area contributed by atoms with E-state index < -0.39 is 5.97 Å². The molecule has 0 bridgehead atoms. The van der Waals surface area contributed by atoms with Crippen LogP contribution >= 0.6 is 0 Å². The van der Waals surface area contributed by atoms with E-state index in [0.29, 0.717) is 46.6 Å². The fourth-order valence-corrected chi connectivity index (χ4v) is 3.12. The van der Waals surface area contributed by atoms with Crippen molar-refractivity contribution >= 4 is 28.5 Å². The second kappa shape index (κ2) is 9.75. The SMILES string of the molecule is COC(=O)c1cccc(NC(=O)CCCn2cnc3cc(OC)c(OC)cc3c2=O)c1. The standard InChI is InChI=1S/C22H23N3O6/c1-29-18-11-16-17(12-19(18)30-2)23-13-25(21(16)27)9-5-8-20(26)24-15-7-4-6-14(10-15)22(28)31-3/h4,6-7,10-13H,5,8-9H2,1-3H3,(H,24,26). The Labute approximate surface area is 178 Å². The van der Waals surface area contributed by atoms with E-state index in [1.807, 2.05) is 0 Å². The van der Waals surface area contributed by atoms with Crippen LogP contribution in [0.25, 0.3) is 10.9 Å². The van der Waals surface area contributed by atoms with Gasteiger partial charge in [-0.25, -0.2) is 9.78 Å². The Kier molecular flexibility index (Phi) is 6.86. The van der Waals surface area contributed by atoms with Gasteiger partial charge in [0.25, 0.3) is 5.56 Å². The smallest absolute Gasteiger partial charge is 0.337 e. The second-order valence-electron chi connectivity index (χ2n) is 6.69. The molecule has 0 saturated heterocycles. The van der Waals surface area contributed by atoms with Crippen LogP contribution in [0.3, 0.4) is 0 Å². The average Bonchev–Trinajstić information content (AvgIpc) is 2.79. The first kappa shape index (κ1) is 21.8. The summed E-state index contributed by atoms with van der Waals surface area (Å²) in [6.07, 6.45) is 2.08. The summed E-state index contributed by atoms with van der Waals surface area (Å²) in [4.78, 5) is 40.9. The molecular formula is C22H23N3O6. The largest absolute Gasteiger partial charge is 0.493 e. The highest BCUT2D eigenvalue weighted by atomic mass is 16.5. The summed E-state index contributed by atoms with van der Waals surface area (Å²) in [7, 11) is 4.31. The Morgan fingerprint density at radius 3 is 2.52 bits per heavy atom. The van der Waals surface area contributed by atoms with Gasteiger partial charge < -0.3 is 19.5 Å². The van der Waals surface area contributed by atoms with Crippen LogP contribution in [-0.2, 0) is 16.1 Å². The zero-order valence-electron chi connectivity index (χ0n) is 17.5. The van der Waals surface area contributed by atoms with Crippen molar-refractivity contribution in [2.45, 2.75) is 19.4 Å². The predicted octanol–water partition coefficient (Wildman–Crippen LogP) is 2.62. The quantitative estimate of drug-likeness (QED) is 0.553. The fourth-order valence-electron chi connectivity index (χ4n) is 3.12. The third-order valence-electron chi connectivity index (χ3n) is 4.70. The first-order valence-corrected chi connectivity index (χ1v) is 9.56. The van der Waals surface area contributed by atoms with Crippen LogP contribution in [-0.4, -0.2) is 42.8 Å². The van der Waals surface area contributed by atoms with Gasteiger partial charge in [-0.15, -0.1) is 0 Å². The molecule has 3 aromatic rings. The molecule has 0 fully saturated rings. The summed E-state index contributed by atoms with van der Waals surface area (Å²) in [6, 6.07) is 9.74. The highest BCUT2D eigenvalue weighted by Gasteiger charge is 2.12. The molecule has 0 atom stereocenters. The van der Waals surface area contributed by atoms with Crippen molar-refractivity contribution in [2.75, 3.05) is 26.6 Å². The molecule has 0 aliphatic carbocycles. The van der Waals surface area contributed by atoms with Gasteiger partial charge in [0.2, 0.25) is 5.91 Å². The van der Waals surface area contributed by atoms with E-state index in [9.17, 15) is 14.4 Å². The van der Waals surface area contributed by atoms with E-state index in [0.717, 1.165) is 0 Å². The van der Waals surface area contributed by atoms with Crippen LogP contribution in [0, 0.1) is 0 Å². The summed E-state index contributed by atoms with van der Waals surface area (Å²) in [6.45, 7) is 0.325. The van der Waals surface area contributed by atoms with Crippen molar-refractivity contribution in [2.24, 2.45) is 0 Å². The summed E-state index contributed by atoms with van der Waals surface area (Å²) >= 11 is 0. The number of fused-ring (bicyclic) bond motifs is 1. The maximum atomic E-state index is 12.8. The fraction of sp³-hybridized carbons (Fsp3) is 0.273. The number of aryl methyl sites for hydroxylation is 1. The van der Waals surface area contributed by atoms with Gasteiger partial charge in [-0.2, -0.15) is 0 Å². The minimum atomic E-state index is -0.478. The molecule has 3 rings (SSSR count). The molecule has 0 aliphatic heterocycles. The minimum Gasteiger partial charge on any atom is -0.493 e. The molecule has 31 heavy (non-hydrogen) atoms. The van der Waals surface area contributed by atoms with E-state index >= 15 is 0 Å². The molecule has 0 spiro atoms. The van der Waals surface area contributed by atoms with E-state index in [-0.39, 0.29) is 17.9 Å². The molecular weight excluding hydrogens is 402 g/mol. The normalized spacial score (nSPS) is 10.5. The third-order valence-corrected chi connectivity index (χ3v) is 4.70. The number of hydrogen-bond donors (Lipinski definition) is 1. The summed E-state index contributed by atoms with van der Waals surface area (Å²) in [5.74, 6) is 0.233. The van der Waals surface area contributed by atoms with Gasteiger partial charge in [-0.3, -0.25) is 14.2 Å². The highest BCUT2D eigenvalue weighted by Crippen LogP contribution is 2.29. The van der Waals surface area contributed by atoms with Crippen LogP contribution in [0.1, 0.15) is 23.2 Å². The molecule has 162 valence electrons. The number of methoxy groups -OCH3 is 3. The van der Waals surface area contributed by atoms with Crippen molar-refractivity contribution in [1.82, 2.24) is 9.55 Å². The number of aromatic nitrogens is 2. The molecule has 1 amide bonds. The number of anilines is 1. The molecule has 2 aromatic carbocycles. The predicted molar refractivity (Wildman–Crippen MR) is 115 cm³/mol. The molecule has 0 aliphatic rings. The molecule has 1 heterocycles. The van der Waals surface area contributed by atoms with Crippen molar-refractivity contribution in [3.63, 3.8) is 0 Å². The lowest BCUT2D eigenvalue weighted by atomic mass is 10.2. The first-order valence-electron chi connectivity index (χ1n) is 9.56. The van der Waals surface area contributed by atoms with Crippen molar-refractivity contribution in [1.29, 1.82) is 0 Å². The monoisotopic (exact) mass is 425 g/mol. The number of carbonyl (C=O) groups excluding carboxylic acids is 2. The van der Waals surface area contributed by atoms with Gasteiger partial charge in [0.05, 0.1) is 44.1 Å². The number of benzene rings is 2. The van der Waals surface area contributed by atoms with Crippen LogP contribution < -0.4 is 20.3 Å². The van der Waals surface area contributed by atoms with Crippen molar-refractivity contribution in [3.05, 3.63) is 58.6 Å². The lowest BCUT2D eigenvalue weighted by Crippen LogP contribution is -2.22. The molecule has 9 heteroatoms. The Morgan fingerprint density at radius 1 is 1.06 bits per heavy atom. The van der Waals surface area contributed by atoms with Gasteiger partial charge in [0, 0.05) is 24.7 Å². The molecule has 0 saturated carbocycles. The van der Waals surface area contributed by atoms with E-state index in [1.165, 1.54) is 32.2 Å². The lowest BCUT2D eigenvalue weighted by Gasteiger charge is -2.11. The zero-order chi connectivity index (χ0) is 22.4. The number of rotatable bonds is 8. The second-order valence-corrected chi connectivity index (χ2v) is 6.69. The summed E-state index contributed by atoms with van der Waals surface area (Å²) in [5.41, 5.74) is 1.12. The number of nitrogens with one attached hydrogen (secondary N) is 1. The van der Waals surface area contributed by atoms with Gasteiger partial charge in [0.1, 0.15) is 0 Å². The van der Waals surface area contributed by atoms with Crippen LogP contribution in [0.2, 0.25) is 0 Å². The zero-order valence-corrected chi connectivity index (χ0v) is 17.5. The van der Waals surface area contributed by atoms with Crippen LogP contribution in [0.15, 0.2) is 47.5 Å². The molecule has 0 radical (unpaired) electrons. The number of carbonyl (C=O) groups is 2. The van der Waals surface area contributed by atoms with Crippen molar-refractivity contribution < 1.29 is 23.8 Å². The lowest BCUT2D eigenvalue weighted by molar-refractivity contribution is -0.116. The summed E-state index contributed by atoms with van der Waals surface area (Å²) < 4.78 is 16.6. The molecule has 9 nitrogen and oxygen atoms in total. The Balaban J connectivity index is 1.65. The molecule has 1 N–H and O–H groups in total. The van der Waals surface area contributed by atoms with Gasteiger partial charge in [-0.05, 0) is 30.7 Å². The Hall–Kier alpha value is -3.88. The van der Waals surface area contributed by atoms with Crippen LogP contribution in [0.4, 0.5) is 5.69 Å². The number of ether oxygens (including phenoxy) is 3. The highest BCUT2D eigenvalue weighted by molar-refractivity contribution is 5.94. The topological polar surface area (TPSA) is 109 Å². The minimum absolute atomic E-state index is 0.193. The van der Waals surface area contributed by atoms with E-state index in [4.69, 9.17) is 9.47 Å². The number of esters is 1. The maximum absolute atomic E-state index is 12.8. The average molecular weight is 425 g/mol. The van der Waals surface area contributed by atoms with Gasteiger partial charge in [-0.1, -0.05) is 6.07 Å². The van der Waals surface area contributed by atoms with Gasteiger partial charge >= 0.3 is 5.97 Å². The van der Waals surface area contributed by atoms with E-state index in [2.05, 4.69) is 15.0 Å². The number of amides is 1. The molecule has 0 unspecified atom stereocenters. The number of nitrogens with zero attached hydrogens (tertiary/aromatic N) is 2. The van der Waals surface area contributed by atoms with E-state index in [1.54, 1.807) is 36.4 Å². The summed E-state index contributed by atoms with van der Waals surface area (Å²) in [5, 5.41) is 3.15.